The van der Waals surface area contributed by atoms with Crippen molar-refractivity contribution in [1.29, 1.82) is 0 Å². The molecule has 0 spiro atoms. The third kappa shape index (κ3) is 4.04. The number of carbonyl (C=O) groups is 1. The second-order valence-electron chi connectivity index (χ2n) is 4.99. The Labute approximate surface area is 114 Å². The van der Waals surface area contributed by atoms with Gasteiger partial charge in [0.05, 0.1) is 6.61 Å². The Morgan fingerprint density at radius 3 is 2.58 bits per heavy atom. The smallest absolute Gasteiger partial charge is 0.226 e. The van der Waals surface area contributed by atoms with Crippen LogP contribution in [-0.4, -0.2) is 42.2 Å². The highest BCUT2D eigenvalue weighted by molar-refractivity contribution is 5.79. The summed E-state index contributed by atoms with van der Waals surface area (Å²) in [7, 11) is 0. The molecule has 1 aliphatic rings. The van der Waals surface area contributed by atoms with Crippen molar-refractivity contribution in [2.75, 3.05) is 26.2 Å². The number of aliphatic hydroxyl groups is 1. The summed E-state index contributed by atoms with van der Waals surface area (Å²) in [5, 5.41) is 12.4. The zero-order chi connectivity index (χ0) is 13.5. The lowest BCUT2D eigenvalue weighted by Gasteiger charge is -2.29. The van der Waals surface area contributed by atoms with Gasteiger partial charge in [0.1, 0.15) is 0 Å². The Hall–Kier alpha value is -1.39. The summed E-state index contributed by atoms with van der Waals surface area (Å²) in [6.45, 7) is 2.84. The molecule has 1 fully saturated rings. The third-order valence-corrected chi connectivity index (χ3v) is 3.59. The predicted octanol–water partition coefficient (Wildman–Crippen LogP) is 1.01. The molecule has 0 atom stereocenters. The average molecular weight is 262 g/mol. The van der Waals surface area contributed by atoms with Crippen LogP contribution in [0, 0.1) is 5.92 Å². The number of piperidine rings is 1. The van der Waals surface area contributed by atoms with E-state index in [0.29, 0.717) is 13.1 Å². The second kappa shape index (κ2) is 7.26. The summed E-state index contributed by atoms with van der Waals surface area (Å²) < 4.78 is 0. The zero-order valence-electron chi connectivity index (χ0n) is 11.2. The van der Waals surface area contributed by atoms with Crippen molar-refractivity contribution in [2.24, 2.45) is 5.92 Å². The van der Waals surface area contributed by atoms with Crippen molar-refractivity contribution in [1.82, 2.24) is 10.2 Å². The van der Waals surface area contributed by atoms with Gasteiger partial charge in [-0.05, 0) is 31.5 Å². The maximum Gasteiger partial charge on any atom is 0.226 e. The summed E-state index contributed by atoms with van der Waals surface area (Å²) in [6, 6.07) is 9.94. The SMILES string of the molecule is O=C(C1CCNCC1)N(CCO)Cc1ccccc1. The van der Waals surface area contributed by atoms with Gasteiger partial charge in [-0.3, -0.25) is 4.79 Å². The van der Waals surface area contributed by atoms with Gasteiger partial charge < -0.3 is 15.3 Å². The number of rotatable bonds is 5. The lowest BCUT2D eigenvalue weighted by molar-refractivity contribution is -0.137. The number of nitrogens with one attached hydrogen (secondary N) is 1. The van der Waals surface area contributed by atoms with Gasteiger partial charge in [-0.1, -0.05) is 30.3 Å². The monoisotopic (exact) mass is 262 g/mol. The number of amides is 1. The average Bonchev–Trinajstić information content (AvgIpc) is 2.48. The van der Waals surface area contributed by atoms with E-state index in [9.17, 15) is 4.79 Å². The molecule has 0 aliphatic carbocycles. The number of aliphatic hydroxyl groups excluding tert-OH is 1. The molecular formula is C15H22N2O2. The summed E-state index contributed by atoms with van der Waals surface area (Å²) in [6.07, 6.45) is 1.80. The van der Waals surface area contributed by atoms with E-state index in [2.05, 4.69) is 5.32 Å². The summed E-state index contributed by atoms with van der Waals surface area (Å²) in [4.78, 5) is 14.3. The van der Waals surface area contributed by atoms with Crippen LogP contribution in [-0.2, 0) is 11.3 Å². The van der Waals surface area contributed by atoms with E-state index in [0.717, 1.165) is 31.5 Å². The van der Waals surface area contributed by atoms with Crippen molar-refractivity contribution < 1.29 is 9.90 Å². The zero-order valence-corrected chi connectivity index (χ0v) is 11.2. The second-order valence-corrected chi connectivity index (χ2v) is 4.99. The van der Waals surface area contributed by atoms with Gasteiger partial charge in [-0.15, -0.1) is 0 Å². The van der Waals surface area contributed by atoms with Gasteiger partial charge in [-0.2, -0.15) is 0 Å². The molecule has 0 radical (unpaired) electrons. The highest BCUT2D eigenvalue weighted by Crippen LogP contribution is 2.16. The van der Waals surface area contributed by atoms with Crippen LogP contribution < -0.4 is 5.32 Å². The van der Waals surface area contributed by atoms with E-state index in [4.69, 9.17) is 5.11 Å². The molecule has 0 aromatic heterocycles. The minimum absolute atomic E-state index is 0.0174. The molecule has 4 nitrogen and oxygen atoms in total. The predicted molar refractivity (Wildman–Crippen MR) is 74.5 cm³/mol. The van der Waals surface area contributed by atoms with Crippen molar-refractivity contribution >= 4 is 5.91 Å². The summed E-state index contributed by atoms with van der Waals surface area (Å²) >= 11 is 0. The van der Waals surface area contributed by atoms with Crippen LogP contribution in [0.25, 0.3) is 0 Å². The summed E-state index contributed by atoms with van der Waals surface area (Å²) in [5.74, 6) is 0.288. The van der Waals surface area contributed by atoms with Crippen LogP contribution in [0.5, 0.6) is 0 Å². The third-order valence-electron chi connectivity index (χ3n) is 3.59. The molecule has 2 N–H and O–H groups in total. The first-order valence-electron chi connectivity index (χ1n) is 6.95. The van der Waals surface area contributed by atoms with E-state index < -0.39 is 0 Å². The first-order valence-corrected chi connectivity index (χ1v) is 6.95. The lowest BCUT2D eigenvalue weighted by Crippen LogP contribution is -2.41. The maximum absolute atomic E-state index is 12.5. The van der Waals surface area contributed by atoms with Crippen LogP contribution in [0.3, 0.4) is 0 Å². The quantitative estimate of drug-likeness (QED) is 0.832. The normalized spacial score (nSPS) is 16.3. The van der Waals surface area contributed by atoms with E-state index in [1.165, 1.54) is 0 Å². The molecule has 104 valence electrons. The standard InChI is InChI=1S/C15H22N2O2/c18-11-10-17(12-13-4-2-1-3-5-13)15(19)14-6-8-16-9-7-14/h1-5,14,16,18H,6-12H2. The first kappa shape index (κ1) is 14.0. The van der Waals surface area contributed by atoms with Crippen LogP contribution in [0.1, 0.15) is 18.4 Å². The fraction of sp³-hybridized carbons (Fsp3) is 0.533. The van der Waals surface area contributed by atoms with Gasteiger partial charge in [-0.25, -0.2) is 0 Å². The van der Waals surface area contributed by atoms with Gasteiger partial charge >= 0.3 is 0 Å². The Morgan fingerprint density at radius 1 is 1.26 bits per heavy atom. The van der Waals surface area contributed by atoms with Crippen LogP contribution in [0.4, 0.5) is 0 Å². The number of benzene rings is 1. The van der Waals surface area contributed by atoms with Crippen molar-refractivity contribution in [3.05, 3.63) is 35.9 Å². The van der Waals surface area contributed by atoms with Crippen LogP contribution >= 0.6 is 0 Å². The molecule has 19 heavy (non-hydrogen) atoms. The number of hydrogen-bond acceptors (Lipinski definition) is 3. The molecule has 1 aliphatic heterocycles. The van der Waals surface area contributed by atoms with Crippen LogP contribution in [0.2, 0.25) is 0 Å². The fourth-order valence-electron chi connectivity index (χ4n) is 2.52. The topological polar surface area (TPSA) is 52.6 Å². The molecule has 0 unspecified atom stereocenters. The Bertz CT molecular complexity index is 388. The van der Waals surface area contributed by atoms with Crippen LogP contribution in [0.15, 0.2) is 30.3 Å². The van der Waals surface area contributed by atoms with Crippen molar-refractivity contribution in [2.45, 2.75) is 19.4 Å². The largest absolute Gasteiger partial charge is 0.395 e. The molecule has 1 amide bonds. The molecule has 1 aromatic rings. The highest BCUT2D eigenvalue weighted by Gasteiger charge is 2.25. The van der Waals surface area contributed by atoms with Crippen molar-refractivity contribution in [3.63, 3.8) is 0 Å². The molecule has 1 aromatic carbocycles. The minimum Gasteiger partial charge on any atom is -0.395 e. The number of nitrogens with zero attached hydrogens (tertiary/aromatic N) is 1. The summed E-state index contributed by atoms with van der Waals surface area (Å²) in [5.41, 5.74) is 1.11. The molecule has 0 saturated carbocycles. The van der Waals surface area contributed by atoms with E-state index in [1.54, 1.807) is 4.90 Å². The number of carbonyl (C=O) groups excluding carboxylic acids is 1. The Balaban J connectivity index is 2.00. The lowest BCUT2D eigenvalue weighted by atomic mass is 9.96. The Kier molecular flexibility index (Phi) is 5.36. The van der Waals surface area contributed by atoms with Gasteiger partial charge in [0.2, 0.25) is 5.91 Å². The van der Waals surface area contributed by atoms with E-state index >= 15 is 0 Å². The van der Waals surface area contributed by atoms with E-state index in [1.807, 2.05) is 30.3 Å². The van der Waals surface area contributed by atoms with Gasteiger partial charge in [0.15, 0.2) is 0 Å². The highest BCUT2D eigenvalue weighted by atomic mass is 16.3. The Morgan fingerprint density at radius 2 is 1.95 bits per heavy atom. The number of hydrogen-bond donors (Lipinski definition) is 2. The molecule has 1 heterocycles. The van der Waals surface area contributed by atoms with Gasteiger partial charge in [0, 0.05) is 19.0 Å². The molecule has 4 heteroatoms. The van der Waals surface area contributed by atoms with Gasteiger partial charge in [0.25, 0.3) is 0 Å². The molecular weight excluding hydrogens is 240 g/mol. The molecule has 1 saturated heterocycles. The first-order chi connectivity index (χ1) is 9.31. The van der Waals surface area contributed by atoms with E-state index in [-0.39, 0.29) is 18.4 Å². The van der Waals surface area contributed by atoms with Crippen molar-refractivity contribution in [3.8, 4) is 0 Å². The minimum atomic E-state index is 0.0174. The fourth-order valence-corrected chi connectivity index (χ4v) is 2.52. The molecule has 0 bridgehead atoms. The maximum atomic E-state index is 12.5. The molecule has 2 rings (SSSR count).